The van der Waals surface area contributed by atoms with Gasteiger partial charge in [-0.15, -0.1) is 0 Å². The van der Waals surface area contributed by atoms with Crippen molar-refractivity contribution in [2.24, 2.45) is 0 Å². The molecule has 6 heteroatoms. The smallest absolute Gasteiger partial charge is 0.345 e. The van der Waals surface area contributed by atoms with Crippen molar-refractivity contribution >= 4 is 22.8 Å². The molecule has 0 amide bonds. The van der Waals surface area contributed by atoms with Crippen LogP contribution in [0.25, 0.3) is 11.0 Å². The van der Waals surface area contributed by atoms with Gasteiger partial charge in [0.2, 0.25) is 0 Å². The standard InChI is InChI=1S/C8H5F3N2S/c9-8(10,11)14-6-3-1-2-5-7(6)13-4-12-5/h1-4H,(H,12,13). The van der Waals surface area contributed by atoms with Gasteiger partial charge in [0, 0.05) is 4.90 Å². The number of halogens is 3. The summed E-state index contributed by atoms with van der Waals surface area (Å²) in [5, 5.41) is 0. The lowest BCUT2D eigenvalue weighted by molar-refractivity contribution is -0.0327. The molecular weight excluding hydrogens is 213 g/mol. The molecule has 0 aliphatic carbocycles. The zero-order valence-electron chi connectivity index (χ0n) is 6.80. The minimum Gasteiger partial charge on any atom is -0.345 e. The normalized spacial score (nSPS) is 12.2. The Kier molecular flexibility index (Phi) is 2.14. The number of rotatable bonds is 1. The number of aromatic amines is 1. The minimum atomic E-state index is -4.27. The van der Waals surface area contributed by atoms with E-state index >= 15 is 0 Å². The number of imidazole rings is 1. The third-order valence-electron chi connectivity index (χ3n) is 1.64. The summed E-state index contributed by atoms with van der Waals surface area (Å²) in [7, 11) is 0. The van der Waals surface area contributed by atoms with Crippen molar-refractivity contribution in [3.63, 3.8) is 0 Å². The van der Waals surface area contributed by atoms with Crippen molar-refractivity contribution in [3.8, 4) is 0 Å². The van der Waals surface area contributed by atoms with Gasteiger partial charge in [0.05, 0.1) is 11.8 Å². The van der Waals surface area contributed by atoms with Crippen molar-refractivity contribution in [2.75, 3.05) is 0 Å². The first-order valence-corrected chi connectivity index (χ1v) is 4.56. The predicted molar refractivity (Wildman–Crippen MR) is 48.0 cm³/mol. The second-order valence-corrected chi connectivity index (χ2v) is 3.71. The van der Waals surface area contributed by atoms with E-state index in [0.29, 0.717) is 11.0 Å². The summed E-state index contributed by atoms with van der Waals surface area (Å²) >= 11 is -0.148. The summed E-state index contributed by atoms with van der Waals surface area (Å²) in [6.45, 7) is 0. The van der Waals surface area contributed by atoms with Gasteiger partial charge in [-0.3, -0.25) is 0 Å². The highest BCUT2D eigenvalue weighted by Crippen LogP contribution is 2.39. The van der Waals surface area contributed by atoms with Crippen molar-refractivity contribution in [1.29, 1.82) is 0 Å². The van der Waals surface area contributed by atoms with Gasteiger partial charge in [0.15, 0.2) is 0 Å². The average Bonchev–Trinajstić information content (AvgIpc) is 2.49. The van der Waals surface area contributed by atoms with Crippen LogP contribution in [0.15, 0.2) is 29.4 Å². The molecule has 0 saturated carbocycles. The third kappa shape index (κ3) is 1.84. The number of thioether (sulfide) groups is 1. The van der Waals surface area contributed by atoms with Gasteiger partial charge in [0.25, 0.3) is 0 Å². The Hall–Kier alpha value is -1.17. The quantitative estimate of drug-likeness (QED) is 0.745. The Morgan fingerprint density at radius 2 is 2.07 bits per heavy atom. The van der Waals surface area contributed by atoms with Crippen LogP contribution in [0.5, 0.6) is 0 Å². The molecule has 1 N–H and O–H groups in total. The summed E-state index contributed by atoms with van der Waals surface area (Å²) in [6, 6.07) is 4.65. The molecule has 0 atom stereocenters. The van der Waals surface area contributed by atoms with E-state index in [1.165, 1.54) is 12.4 Å². The fourth-order valence-corrected chi connectivity index (χ4v) is 1.80. The fraction of sp³-hybridized carbons (Fsp3) is 0.125. The Labute approximate surface area is 81.5 Å². The first-order chi connectivity index (χ1) is 6.56. The van der Waals surface area contributed by atoms with E-state index in [0.717, 1.165) is 0 Å². The van der Waals surface area contributed by atoms with Crippen LogP contribution >= 0.6 is 11.8 Å². The van der Waals surface area contributed by atoms with Crippen molar-refractivity contribution in [3.05, 3.63) is 24.5 Å². The first-order valence-electron chi connectivity index (χ1n) is 3.74. The number of benzene rings is 1. The molecule has 1 heterocycles. The lowest BCUT2D eigenvalue weighted by atomic mass is 10.3. The van der Waals surface area contributed by atoms with E-state index in [1.54, 1.807) is 12.1 Å². The molecule has 0 spiro atoms. The number of H-pyrrole nitrogens is 1. The number of hydrogen-bond acceptors (Lipinski definition) is 2. The molecule has 2 aromatic rings. The molecule has 2 rings (SSSR count). The summed E-state index contributed by atoms with van der Waals surface area (Å²) < 4.78 is 36.3. The highest BCUT2D eigenvalue weighted by molar-refractivity contribution is 8.00. The Morgan fingerprint density at radius 3 is 2.79 bits per heavy atom. The van der Waals surface area contributed by atoms with Crippen LogP contribution in [0.4, 0.5) is 13.2 Å². The zero-order chi connectivity index (χ0) is 10.2. The molecule has 14 heavy (non-hydrogen) atoms. The number of alkyl halides is 3. The van der Waals surface area contributed by atoms with Gasteiger partial charge in [-0.1, -0.05) is 6.07 Å². The van der Waals surface area contributed by atoms with E-state index in [1.807, 2.05) is 0 Å². The molecule has 74 valence electrons. The monoisotopic (exact) mass is 218 g/mol. The molecule has 1 aromatic heterocycles. The molecular formula is C8H5F3N2S. The van der Waals surface area contributed by atoms with Gasteiger partial charge in [0.1, 0.15) is 5.52 Å². The second-order valence-electron chi connectivity index (χ2n) is 2.60. The van der Waals surface area contributed by atoms with Crippen molar-refractivity contribution in [2.45, 2.75) is 10.4 Å². The van der Waals surface area contributed by atoms with Crippen LogP contribution in [0.2, 0.25) is 0 Å². The molecule has 2 nitrogen and oxygen atoms in total. The van der Waals surface area contributed by atoms with E-state index in [4.69, 9.17) is 0 Å². The molecule has 0 saturated heterocycles. The number of fused-ring (bicyclic) bond motifs is 1. The predicted octanol–water partition coefficient (Wildman–Crippen LogP) is 3.17. The fourth-order valence-electron chi connectivity index (χ4n) is 1.15. The summed E-state index contributed by atoms with van der Waals surface area (Å²) in [5.74, 6) is 0. The van der Waals surface area contributed by atoms with Crippen LogP contribution in [-0.2, 0) is 0 Å². The van der Waals surface area contributed by atoms with Crippen LogP contribution in [0.3, 0.4) is 0 Å². The highest BCUT2D eigenvalue weighted by atomic mass is 32.2. The van der Waals surface area contributed by atoms with Crippen LogP contribution < -0.4 is 0 Å². The van der Waals surface area contributed by atoms with Crippen LogP contribution in [-0.4, -0.2) is 15.5 Å². The van der Waals surface area contributed by atoms with Gasteiger partial charge in [-0.25, -0.2) is 4.98 Å². The molecule has 0 bridgehead atoms. The van der Waals surface area contributed by atoms with Gasteiger partial charge < -0.3 is 4.98 Å². The number of nitrogens with zero attached hydrogens (tertiary/aromatic N) is 1. The Morgan fingerprint density at radius 1 is 1.29 bits per heavy atom. The maximum absolute atomic E-state index is 12.1. The van der Waals surface area contributed by atoms with Crippen LogP contribution in [0, 0.1) is 0 Å². The molecule has 1 aromatic carbocycles. The Balaban J connectivity index is 2.46. The lowest BCUT2D eigenvalue weighted by Crippen LogP contribution is -1.99. The van der Waals surface area contributed by atoms with E-state index in [-0.39, 0.29) is 16.7 Å². The van der Waals surface area contributed by atoms with E-state index < -0.39 is 5.51 Å². The zero-order valence-corrected chi connectivity index (χ0v) is 7.62. The maximum atomic E-state index is 12.1. The molecule has 0 unspecified atom stereocenters. The van der Waals surface area contributed by atoms with E-state index in [9.17, 15) is 13.2 Å². The minimum absolute atomic E-state index is 0.122. The third-order valence-corrected chi connectivity index (χ3v) is 2.42. The number of hydrogen-bond donors (Lipinski definition) is 1. The van der Waals surface area contributed by atoms with E-state index in [2.05, 4.69) is 9.97 Å². The lowest BCUT2D eigenvalue weighted by Gasteiger charge is -2.05. The molecule has 0 aliphatic heterocycles. The van der Waals surface area contributed by atoms with Crippen molar-refractivity contribution < 1.29 is 13.2 Å². The largest absolute Gasteiger partial charge is 0.446 e. The van der Waals surface area contributed by atoms with Gasteiger partial charge >= 0.3 is 5.51 Å². The second kappa shape index (κ2) is 3.20. The maximum Gasteiger partial charge on any atom is 0.446 e. The summed E-state index contributed by atoms with van der Waals surface area (Å²) in [6.07, 6.45) is 1.38. The first kappa shape index (κ1) is 9.39. The Bertz CT molecular complexity index is 449. The topological polar surface area (TPSA) is 28.7 Å². The van der Waals surface area contributed by atoms with Crippen molar-refractivity contribution in [1.82, 2.24) is 9.97 Å². The highest BCUT2D eigenvalue weighted by Gasteiger charge is 2.30. The number of para-hydroxylation sites is 1. The molecule has 0 fully saturated rings. The molecule has 0 aliphatic rings. The summed E-state index contributed by atoms with van der Waals surface area (Å²) in [5.41, 5.74) is -3.30. The molecule has 0 radical (unpaired) electrons. The summed E-state index contributed by atoms with van der Waals surface area (Å²) in [4.78, 5) is 6.70. The van der Waals surface area contributed by atoms with Gasteiger partial charge in [-0.2, -0.15) is 13.2 Å². The number of nitrogens with one attached hydrogen (secondary N) is 1. The SMILES string of the molecule is FC(F)(F)Sc1cccc2[nH]cnc12. The van der Waals surface area contributed by atoms with Gasteiger partial charge in [-0.05, 0) is 23.9 Å². The number of aromatic nitrogens is 2. The van der Waals surface area contributed by atoms with Crippen LogP contribution in [0.1, 0.15) is 0 Å². The average molecular weight is 218 g/mol.